The lowest BCUT2D eigenvalue weighted by molar-refractivity contribution is -0.153. The van der Waals surface area contributed by atoms with Gasteiger partial charge in [-0.15, -0.1) is 11.8 Å². The summed E-state index contributed by atoms with van der Waals surface area (Å²) in [6.07, 6.45) is 2.83. The number of likely N-dealkylation sites (tertiary alicyclic amines) is 1. The minimum atomic E-state index is -0.632. The summed E-state index contributed by atoms with van der Waals surface area (Å²) < 4.78 is 10.1. The highest BCUT2D eigenvalue weighted by Gasteiger charge is 2.75. The van der Waals surface area contributed by atoms with E-state index >= 15 is 0 Å². The topological polar surface area (TPSA) is 108 Å². The number of fused-ring (bicyclic) bond motifs is 1. The Morgan fingerprint density at radius 2 is 2.03 bits per heavy atom. The standard InChI is InChI=1S/C23H36BrN3O6S/c1-2-33-22(31)16-17-21(30)27(7-4-3-5-11-28)19(23(17)14-15(24)18(16)34-23)20(29)25-6-8-26-9-12-32-13-10-26/h15-19,28H,2-14H2,1H3,(H,25,29)/t15?,16-,17+,18-,19?,23?/m1/s1. The molecule has 4 saturated heterocycles. The van der Waals surface area contributed by atoms with Crippen LogP contribution in [0, 0.1) is 11.8 Å². The molecule has 2 amide bonds. The largest absolute Gasteiger partial charge is 0.466 e. The van der Waals surface area contributed by atoms with Crippen molar-refractivity contribution in [1.82, 2.24) is 15.1 Å². The molecule has 2 N–H and O–H groups in total. The summed E-state index contributed by atoms with van der Waals surface area (Å²) in [5, 5.41) is 12.2. The van der Waals surface area contributed by atoms with Crippen molar-refractivity contribution in [2.45, 2.75) is 53.5 Å². The molecule has 2 bridgehead atoms. The number of amides is 2. The van der Waals surface area contributed by atoms with E-state index < -0.39 is 22.6 Å². The van der Waals surface area contributed by atoms with Crippen molar-refractivity contribution in [2.24, 2.45) is 11.8 Å². The minimum Gasteiger partial charge on any atom is -0.466 e. The summed E-state index contributed by atoms with van der Waals surface area (Å²) in [5.41, 5.74) is 0. The van der Waals surface area contributed by atoms with E-state index in [0.717, 1.165) is 26.1 Å². The quantitative estimate of drug-likeness (QED) is 0.215. The molecule has 4 aliphatic heterocycles. The van der Waals surface area contributed by atoms with Crippen LogP contribution in [0.1, 0.15) is 32.6 Å². The summed E-state index contributed by atoms with van der Waals surface area (Å²) in [6.45, 7) is 6.97. The Bertz CT molecular complexity index is 769. The number of nitrogens with one attached hydrogen (secondary N) is 1. The molecule has 0 aliphatic carbocycles. The number of ether oxygens (including phenoxy) is 2. The van der Waals surface area contributed by atoms with Gasteiger partial charge in [0, 0.05) is 49.4 Å². The second kappa shape index (κ2) is 11.5. The summed E-state index contributed by atoms with van der Waals surface area (Å²) in [6, 6.07) is -0.613. The summed E-state index contributed by atoms with van der Waals surface area (Å²) >= 11 is 5.38. The molecule has 192 valence electrons. The summed E-state index contributed by atoms with van der Waals surface area (Å²) in [7, 11) is 0. The Kier molecular flexibility index (Phi) is 8.82. The van der Waals surface area contributed by atoms with Gasteiger partial charge in [-0.05, 0) is 32.6 Å². The maximum Gasteiger partial charge on any atom is 0.310 e. The van der Waals surface area contributed by atoms with Crippen LogP contribution in [0.4, 0.5) is 0 Å². The maximum absolute atomic E-state index is 13.7. The zero-order valence-corrected chi connectivity index (χ0v) is 22.2. The monoisotopic (exact) mass is 561 g/mol. The predicted octanol–water partition coefficient (Wildman–Crippen LogP) is 0.625. The van der Waals surface area contributed by atoms with Crippen molar-refractivity contribution in [1.29, 1.82) is 0 Å². The van der Waals surface area contributed by atoms with Gasteiger partial charge in [0.2, 0.25) is 11.8 Å². The number of nitrogens with zero attached hydrogens (tertiary/aromatic N) is 2. The Morgan fingerprint density at radius 3 is 2.74 bits per heavy atom. The van der Waals surface area contributed by atoms with Crippen LogP contribution in [0.3, 0.4) is 0 Å². The smallest absolute Gasteiger partial charge is 0.310 e. The Morgan fingerprint density at radius 1 is 1.26 bits per heavy atom. The second-order valence-electron chi connectivity index (χ2n) is 9.48. The summed E-state index contributed by atoms with van der Waals surface area (Å²) in [4.78, 5) is 44.3. The Balaban J connectivity index is 1.53. The van der Waals surface area contributed by atoms with Crippen LogP contribution in [0.15, 0.2) is 0 Å². The van der Waals surface area contributed by atoms with E-state index in [0.29, 0.717) is 45.6 Å². The molecule has 4 rings (SSSR count). The third-order valence-corrected chi connectivity index (χ3v) is 10.7. The number of unbranched alkanes of at least 4 members (excludes halogenated alkanes) is 2. The number of aliphatic hydroxyl groups excluding tert-OH is 1. The molecule has 4 aliphatic rings. The van der Waals surface area contributed by atoms with Crippen molar-refractivity contribution in [3.05, 3.63) is 0 Å². The van der Waals surface area contributed by atoms with Crippen LogP contribution in [0.2, 0.25) is 0 Å². The number of thioether (sulfide) groups is 1. The van der Waals surface area contributed by atoms with Gasteiger partial charge in [-0.25, -0.2) is 0 Å². The lowest BCUT2D eigenvalue weighted by Gasteiger charge is -2.35. The number of morpholine rings is 1. The number of aliphatic hydroxyl groups is 1. The molecule has 6 atom stereocenters. The van der Waals surface area contributed by atoms with Gasteiger partial charge >= 0.3 is 5.97 Å². The molecule has 0 aromatic heterocycles. The second-order valence-corrected chi connectivity index (χ2v) is 12.2. The summed E-state index contributed by atoms with van der Waals surface area (Å²) in [5.74, 6) is -1.66. The lowest BCUT2D eigenvalue weighted by atomic mass is 9.71. The zero-order valence-electron chi connectivity index (χ0n) is 19.7. The number of rotatable bonds is 11. The van der Waals surface area contributed by atoms with Crippen molar-refractivity contribution in [3.63, 3.8) is 0 Å². The van der Waals surface area contributed by atoms with E-state index in [1.54, 1.807) is 23.6 Å². The van der Waals surface area contributed by atoms with Crippen molar-refractivity contribution in [3.8, 4) is 0 Å². The number of hydrogen-bond acceptors (Lipinski definition) is 8. The van der Waals surface area contributed by atoms with Gasteiger partial charge in [0.1, 0.15) is 6.04 Å². The van der Waals surface area contributed by atoms with Gasteiger partial charge in [-0.1, -0.05) is 15.9 Å². The number of halogens is 1. The van der Waals surface area contributed by atoms with Crippen LogP contribution in [0.25, 0.3) is 0 Å². The molecule has 0 aromatic rings. The molecule has 1 spiro atoms. The highest BCUT2D eigenvalue weighted by Crippen LogP contribution is 2.67. The van der Waals surface area contributed by atoms with E-state index in [1.807, 2.05) is 0 Å². The molecule has 0 aromatic carbocycles. The first-order chi connectivity index (χ1) is 16.4. The molecule has 4 heterocycles. The molecule has 4 fully saturated rings. The van der Waals surface area contributed by atoms with Crippen LogP contribution in [-0.4, -0.2) is 113 Å². The molecular formula is C23H36BrN3O6S. The fourth-order valence-corrected chi connectivity index (χ4v) is 9.61. The average molecular weight is 563 g/mol. The van der Waals surface area contributed by atoms with E-state index in [1.165, 1.54) is 0 Å². The van der Waals surface area contributed by atoms with Crippen molar-refractivity contribution >= 4 is 45.5 Å². The number of hydrogen-bond donors (Lipinski definition) is 2. The fourth-order valence-electron chi connectivity index (χ4n) is 6.01. The van der Waals surface area contributed by atoms with Gasteiger partial charge in [-0.3, -0.25) is 19.3 Å². The first-order valence-corrected chi connectivity index (χ1v) is 14.2. The molecule has 0 radical (unpaired) electrons. The van der Waals surface area contributed by atoms with E-state index in [4.69, 9.17) is 14.6 Å². The van der Waals surface area contributed by atoms with Crippen LogP contribution >= 0.6 is 27.7 Å². The highest BCUT2D eigenvalue weighted by atomic mass is 79.9. The molecule has 11 heteroatoms. The fraction of sp³-hybridized carbons (Fsp3) is 0.870. The van der Waals surface area contributed by atoms with Gasteiger partial charge in [-0.2, -0.15) is 0 Å². The average Bonchev–Trinajstić information content (AvgIpc) is 3.41. The zero-order chi connectivity index (χ0) is 24.3. The van der Waals surface area contributed by atoms with Gasteiger partial charge in [0.15, 0.2) is 0 Å². The van der Waals surface area contributed by atoms with Crippen LogP contribution < -0.4 is 5.32 Å². The predicted molar refractivity (Wildman–Crippen MR) is 132 cm³/mol. The van der Waals surface area contributed by atoms with Crippen molar-refractivity contribution in [2.75, 3.05) is 59.2 Å². The van der Waals surface area contributed by atoms with E-state index in [2.05, 4.69) is 26.1 Å². The van der Waals surface area contributed by atoms with Gasteiger partial charge in [0.25, 0.3) is 0 Å². The van der Waals surface area contributed by atoms with E-state index in [9.17, 15) is 14.4 Å². The lowest BCUT2D eigenvalue weighted by Crippen LogP contribution is -2.55. The highest BCUT2D eigenvalue weighted by molar-refractivity contribution is 9.09. The molecular weight excluding hydrogens is 526 g/mol. The number of esters is 1. The molecule has 0 saturated carbocycles. The SMILES string of the molecule is CCOC(=O)[C@H]1[C@@H]2SC3(CC2Br)C(C(=O)NCCN2CCOCC2)N(CCCCCO)C(=O)[C@H]13. The molecule has 34 heavy (non-hydrogen) atoms. The van der Waals surface area contributed by atoms with Crippen molar-refractivity contribution < 1.29 is 29.0 Å². The number of alkyl halides is 1. The Labute approximate surface area is 213 Å². The van der Waals surface area contributed by atoms with Crippen LogP contribution in [0.5, 0.6) is 0 Å². The maximum atomic E-state index is 13.7. The van der Waals surface area contributed by atoms with Gasteiger partial charge < -0.3 is 24.8 Å². The Hall–Kier alpha value is -0.880. The number of carbonyl (C=O) groups excluding carboxylic acids is 3. The third-order valence-electron chi connectivity index (χ3n) is 7.48. The molecule has 3 unspecified atom stereocenters. The minimum absolute atomic E-state index is 0.0499. The van der Waals surface area contributed by atoms with E-state index in [-0.39, 0.29) is 41.1 Å². The normalized spacial score (nSPS) is 35.0. The number of carbonyl (C=O) groups is 3. The molecule has 9 nitrogen and oxygen atoms in total. The third kappa shape index (κ3) is 4.87. The first-order valence-electron chi connectivity index (χ1n) is 12.4. The van der Waals surface area contributed by atoms with Crippen LogP contribution in [-0.2, 0) is 23.9 Å². The first kappa shape index (κ1) is 26.2. The van der Waals surface area contributed by atoms with Gasteiger partial charge in [0.05, 0.1) is 36.4 Å².